The van der Waals surface area contributed by atoms with Crippen LogP contribution in [-0.2, 0) is 21.3 Å². The van der Waals surface area contributed by atoms with Gasteiger partial charge in [-0.3, -0.25) is 9.47 Å². The number of carbonyl (C=O) groups is 1. The van der Waals surface area contributed by atoms with Crippen molar-refractivity contribution in [3.63, 3.8) is 0 Å². The summed E-state index contributed by atoms with van der Waals surface area (Å²) in [7, 11) is -3.18. The average Bonchev–Trinajstić information content (AvgIpc) is 2.88. The largest absolute Gasteiger partial charge is 0.443 e. The number of aromatic nitrogens is 2. The molecule has 1 saturated heterocycles. The first-order valence-corrected chi connectivity index (χ1v) is 11.8. The summed E-state index contributed by atoms with van der Waals surface area (Å²) in [6.07, 6.45) is 0.527. The molecule has 1 fully saturated rings. The van der Waals surface area contributed by atoms with E-state index in [-0.39, 0.29) is 0 Å². The Morgan fingerprint density at radius 2 is 1.70 bits per heavy atom. The number of rotatable bonds is 4. The number of nitrogens with zero attached hydrogens (tertiary/aromatic N) is 4. The lowest BCUT2D eigenvalue weighted by molar-refractivity contribution is 0.0537. The maximum atomic E-state index is 13.1. The van der Waals surface area contributed by atoms with Gasteiger partial charge in [-0.2, -0.15) is 8.87 Å². The van der Waals surface area contributed by atoms with Crippen LogP contribution in [0.2, 0.25) is 0 Å². The van der Waals surface area contributed by atoms with Gasteiger partial charge in [0, 0.05) is 39.3 Å². The molecule has 3 rings (SSSR count). The molecular formula is C20H30N4O5S. The number of hydrogen-bond donors (Lipinski definition) is 0. The molecule has 166 valence electrons. The first kappa shape index (κ1) is 22.5. The summed E-state index contributed by atoms with van der Waals surface area (Å²) < 4.78 is 32.9. The first-order chi connectivity index (χ1) is 13.9. The molecule has 0 aliphatic carbocycles. The zero-order valence-corrected chi connectivity index (χ0v) is 19.0. The third-order valence-corrected chi connectivity index (χ3v) is 6.40. The molecule has 0 radical (unpaired) electrons. The lowest BCUT2D eigenvalue weighted by Gasteiger charge is -2.33. The molecule has 0 atom stereocenters. The number of carbonyl (C=O) groups excluding carboxylic acids is 1. The van der Waals surface area contributed by atoms with Gasteiger partial charge in [-0.1, -0.05) is 6.07 Å². The number of imidazole rings is 1. The highest BCUT2D eigenvalue weighted by Crippen LogP contribution is 2.18. The highest BCUT2D eigenvalue weighted by molar-refractivity contribution is 7.88. The molecule has 1 aromatic carbocycles. The Balaban J connectivity index is 1.84. The fourth-order valence-electron chi connectivity index (χ4n) is 3.59. The van der Waals surface area contributed by atoms with E-state index >= 15 is 0 Å². The molecule has 9 nitrogen and oxygen atoms in total. The van der Waals surface area contributed by atoms with Gasteiger partial charge in [-0.05, 0) is 45.4 Å². The van der Waals surface area contributed by atoms with Crippen LogP contribution in [0.4, 0.5) is 4.79 Å². The van der Waals surface area contributed by atoms with E-state index in [2.05, 4.69) is 4.90 Å². The molecule has 0 N–H and O–H groups in total. The Morgan fingerprint density at radius 1 is 1.07 bits per heavy atom. The standard InChI is InChI=1S/C20H30N4O5S/c1-15-6-7-16-17(14-15)24(19(26)29-20(2,3)4)18(25)23(16)13-10-21-8-11-22(12-9-21)30(5,27)28/h6-7,14H,8-13H2,1-5H3. The van der Waals surface area contributed by atoms with E-state index < -0.39 is 27.4 Å². The minimum absolute atomic E-state index is 0.396. The van der Waals surface area contributed by atoms with Crippen molar-refractivity contribution in [1.82, 2.24) is 18.3 Å². The maximum absolute atomic E-state index is 13.1. The maximum Gasteiger partial charge on any atom is 0.423 e. The molecular weight excluding hydrogens is 408 g/mol. The van der Waals surface area contributed by atoms with Crippen molar-refractivity contribution in [2.45, 2.75) is 39.8 Å². The number of piperazine rings is 1. The van der Waals surface area contributed by atoms with E-state index in [1.807, 2.05) is 25.1 Å². The fourth-order valence-corrected chi connectivity index (χ4v) is 4.42. The van der Waals surface area contributed by atoms with Gasteiger partial charge in [0.1, 0.15) is 5.60 Å². The molecule has 0 amide bonds. The summed E-state index contributed by atoms with van der Waals surface area (Å²) in [4.78, 5) is 27.9. The minimum atomic E-state index is -3.18. The number of hydrogen-bond acceptors (Lipinski definition) is 6. The van der Waals surface area contributed by atoms with Crippen LogP contribution < -0.4 is 5.69 Å². The molecule has 10 heteroatoms. The summed E-state index contributed by atoms with van der Waals surface area (Å²) in [6, 6.07) is 5.55. The lowest BCUT2D eigenvalue weighted by Crippen LogP contribution is -2.49. The second kappa shape index (κ2) is 8.16. The van der Waals surface area contributed by atoms with E-state index in [0.29, 0.717) is 50.3 Å². The molecule has 0 spiro atoms. The van der Waals surface area contributed by atoms with Gasteiger partial charge in [0.15, 0.2) is 0 Å². The van der Waals surface area contributed by atoms with Crippen molar-refractivity contribution in [2.24, 2.45) is 0 Å². The van der Waals surface area contributed by atoms with Crippen LogP contribution in [0.1, 0.15) is 26.3 Å². The predicted molar refractivity (Wildman–Crippen MR) is 115 cm³/mol. The summed E-state index contributed by atoms with van der Waals surface area (Å²) in [6.45, 7) is 10.2. The van der Waals surface area contributed by atoms with E-state index in [4.69, 9.17) is 4.74 Å². The van der Waals surface area contributed by atoms with Crippen LogP contribution in [0.5, 0.6) is 0 Å². The molecule has 0 bridgehead atoms. The smallest absolute Gasteiger partial charge is 0.423 e. The van der Waals surface area contributed by atoms with Crippen molar-refractivity contribution in [2.75, 3.05) is 39.0 Å². The van der Waals surface area contributed by atoms with E-state index in [9.17, 15) is 18.0 Å². The van der Waals surface area contributed by atoms with Crippen LogP contribution in [-0.4, -0.2) is 77.4 Å². The second-order valence-electron chi connectivity index (χ2n) is 8.75. The Bertz CT molecular complexity index is 1100. The molecule has 0 unspecified atom stereocenters. The Hall–Kier alpha value is -2.17. The zero-order valence-electron chi connectivity index (χ0n) is 18.2. The second-order valence-corrected chi connectivity index (χ2v) is 10.7. The van der Waals surface area contributed by atoms with Gasteiger partial charge in [-0.25, -0.2) is 18.0 Å². The topological polar surface area (TPSA) is 93.8 Å². The van der Waals surface area contributed by atoms with Crippen LogP contribution in [0.3, 0.4) is 0 Å². The van der Waals surface area contributed by atoms with Crippen molar-refractivity contribution in [1.29, 1.82) is 0 Å². The van der Waals surface area contributed by atoms with Gasteiger partial charge in [0.2, 0.25) is 10.0 Å². The number of aryl methyl sites for hydroxylation is 1. The van der Waals surface area contributed by atoms with Crippen molar-refractivity contribution >= 4 is 27.1 Å². The van der Waals surface area contributed by atoms with Gasteiger partial charge in [0.05, 0.1) is 17.3 Å². The van der Waals surface area contributed by atoms with Crippen LogP contribution >= 0.6 is 0 Å². The third-order valence-electron chi connectivity index (χ3n) is 5.10. The van der Waals surface area contributed by atoms with Crippen LogP contribution in [0.25, 0.3) is 11.0 Å². The molecule has 1 aliphatic rings. The van der Waals surface area contributed by atoms with Crippen LogP contribution in [0.15, 0.2) is 23.0 Å². The number of benzene rings is 1. The van der Waals surface area contributed by atoms with Gasteiger partial charge in [0.25, 0.3) is 0 Å². The molecule has 2 heterocycles. The van der Waals surface area contributed by atoms with E-state index in [1.54, 1.807) is 25.3 Å². The molecule has 2 aromatic rings. The first-order valence-electron chi connectivity index (χ1n) is 9.99. The van der Waals surface area contributed by atoms with E-state index in [0.717, 1.165) is 10.1 Å². The van der Waals surface area contributed by atoms with Crippen molar-refractivity contribution < 1.29 is 17.9 Å². The summed E-state index contributed by atoms with van der Waals surface area (Å²) in [5, 5.41) is 0. The SMILES string of the molecule is Cc1ccc2c(c1)n(C(=O)OC(C)(C)C)c(=O)n2CCN1CCN(S(C)(=O)=O)CC1. The Kier molecular flexibility index (Phi) is 6.13. The molecule has 1 aliphatic heterocycles. The minimum Gasteiger partial charge on any atom is -0.443 e. The predicted octanol–water partition coefficient (Wildman–Crippen LogP) is 1.47. The van der Waals surface area contributed by atoms with Crippen molar-refractivity contribution in [3.05, 3.63) is 34.2 Å². The van der Waals surface area contributed by atoms with Gasteiger partial charge >= 0.3 is 11.8 Å². The number of fused-ring (bicyclic) bond motifs is 1. The zero-order chi connectivity index (χ0) is 22.3. The quantitative estimate of drug-likeness (QED) is 0.718. The number of sulfonamides is 1. The Morgan fingerprint density at radius 3 is 2.27 bits per heavy atom. The molecule has 1 aromatic heterocycles. The summed E-state index contributed by atoms with van der Waals surface area (Å²) in [5.74, 6) is 0. The third kappa shape index (κ3) is 4.93. The van der Waals surface area contributed by atoms with Gasteiger partial charge in [-0.15, -0.1) is 0 Å². The fraction of sp³-hybridized carbons (Fsp3) is 0.600. The number of ether oxygens (including phenoxy) is 1. The molecule has 30 heavy (non-hydrogen) atoms. The lowest BCUT2D eigenvalue weighted by atomic mass is 10.2. The highest BCUT2D eigenvalue weighted by atomic mass is 32.2. The van der Waals surface area contributed by atoms with E-state index in [1.165, 1.54) is 10.6 Å². The van der Waals surface area contributed by atoms with Gasteiger partial charge < -0.3 is 4.74 Å². The summed E-state index contributed by atoms with van der Waals surface area (Å²) in [5.41, 5.74) is 0.990. The summed E-state index contributed by atoms with van der Waals surface area (Å²) >= 11 is 0. The normalized spacial score (nSPS) is 16.8. The highest BCUT2D eigenvalue weighted by Gasteiger charge is 2.26. The monoisotopic (exact) mass is 438 g/mol. The van der Waals surface area contributed by atoms with Crippen LogP contribution in [0, 0.1) is 6.92 Å². The molecule has 0 saturated carbocycles. The Labute approximate surface area is 176 Å². The average molecular weight is 439 g/mol. The van der Waals surface area contributed by atoms with Crippen molar-refractivity contribution in [3.8, 4) is 0 Å².